The van der Waals surface area contributed by atoms with Crippen LogP contribution in [-0.4, -0.2) is 43.1 Å². The van der Waals surface area contributed by atoms with Crippen LogP contribution in [0.3, 0.4) is 0 Å². The van der Waals surface area contributed by atoms with Gasteiger partial charge in [-0.05, 0) is 30.5 Å². The lowest BCUT2D eigenvalue weighted by Crippen LogP contribution is -2.53. The van der Waals surface area contributed by atoms with Crippen LogP contribution in [0, 0.1) is 0 Å². The minimum atomic E-state index is 0.0620. The quantitative estimate of drug-likeness (QED) is 0.914. The number of nitrogens with zero attached hydrogens (tertiary/aromatic N) is 1. The maximum absolute atomic E-state index is 12.1. The second-order valence-corrected chi connectivity index (χ2v) is 5.65. The lowest BCUT2D eigenvalue weighted by molar-refractivity contribution is -0.136. The molecule has 1 heterocycles. The maximum atomic E-state index is 12.1. The van der Waals surface area contributed by atoms with E-state index in [-0.39, 0.29) is 18.6 Å². The highest BCUT2D eigenvalue weighted by molar-refractivity contribution is 5.78. The molecule has 0 saturated carbocycles. The topological polar surface area (TPSA) is 41.6 Å². The highest BCUT2D eigenvalue weighted by Gasteiger charge is 2.22. The number of ether oxygens (including phenoxy) is 1. The minimum Gasteiger partial charge on any atom is -0.484 e. The average molecular weight is 276 g/mol. The summed E-state index contributed by atoms with van der Waals surface area (Å²) in [6, 6.07) is 8.21. The highest BCUT2D eigenvalue weighted by atomic mass is 16.5. The number of amides is 1. The van der Waals surface area contributed by atoms with Gasteiger partial charge >= 0.3 is 0 Å². The summed E-state index contributed by atoms with van der Waals surface area (Å²) in [6.07, 6.45) is 0. The molecular weight excluding hydrogens is 252 g/mol. The molecule has 20 heavy (non-hydrogen) atoms. The number of hydrogen-bond donors (Lipinski definition) is 1. The van der Waals surface area contributed by atoms with Gasteiger partial charge in [0.2, 0.25) is 0 Å². The van der Waals surface area contributed by atoms with Crippen molar-refractivity contribution in [2.75, 3.05) is 26.2 Å². The highest BCUT2D eigenvalue weighted by Crippen LogP contribution is 2.18. The van der Waals surface area contributed by atoms with Gasteiger partial charge in [0, 0.05) is 25.7 Å². The van der Waals surface area contributed by atoms with Gasteiger partial charge in [-0.25, -0.2) is 0 Å². The summed E-state index contributed by atoms with van der Waals surface area (Å²) in [7, 11) is 0. The number of carbonyl (C=O) groups excluding carboxylic acids is 1. The summed E-state index contributed by atoms with van der Waals surface area (Å²) in [5.74, 6) is 1.32. The van der Waals surface area contributed by atoms with E-state index in [4.69, 9.17) is 4.74 Å². The SMILES string of the molecule is CC(C)c1ccc(OCC(=O)N2CCNC[C@H]2C)cc1. The molecule has 0 unspecified atom stereocenters. The smallest absolute Gasteiger partial charge is 0.260 e. The normalized spacial score (nSPS) is 19.2. The lowest BCUT2D eigenvalue weighted by atomic mass is 10.0. The van der Waals surface area contributed by atoms with Crippen LogP contribution in [0.5, 0.6) is 5.75 Å². The van der Waals surface area contributed by atoms with E-state index >= 15 is 0 Å². The van der Waals surface area contributed by atoms with Crippen molar-refractivity contribution >= 4 is 5.91 Å². The molecule has 1 aromatic carbocycles. The second kappa shape index (κ2) is 6.75. The van der Waals surface area contributed by atoms with Crippen LogP contribution >= 0.6 is 0 Å². The molecule has 1 amide bonds. The van der Waals surface area contributed by atoms with Gasteiger partial charge in [-0.1, -0.05) is 26.0 Å². The zero-order valence-electron chi connectivity index (χ0n) is 12.6. The van der Waals surface area contributed by atoms with E-state index in [1.807, 2.05) is 17.0 Å². The Morgan fingerprint density at radius 2 is 2.10 bits per heavy atom. The summed E-state index contributed by atoms with van der Waals surface area (Å²) in [4.78, 5) is 14.0. The number of piperazine rings is 1. The van der Waals surface area contributed by atoms with Gasteiger partial charge in [0.15, 0.2) is 6.61 Å². The Morgan fingerprint density at radius 1 is 1.40 bits per heavy atom. The summed E-state index contributed by atoms with van der Waals surface area (Å²) < 4.78 is 5.59. The summed E-state index contributed by atoms with van der Waals surface area (Å²) in [5.41, 5.74) is 1.28. The number of benzene rings is 1. The number of nitrogens with one attached hydrogen (secondary N) is 1. The molecule has 0 spiro atoms. The van der Waals surface area contributed by atoms with E-state index in [0.29, 0.717) is 5.92 Å². The summed E-state index contributed by atoms with van der Waals surface area (Å²) in [6.45, 7) is 8.97. The van der Waals surface area contributed by atoms with Gasteiger partial charge < -0.3 is 15.0 Å². The van der Waals surface area contributed by atoms with Gasteiger partial charge in [-0.3, -0.25) is 4.79 Å². The van der Waals surface area contributed by atoms with Crippen molar-refractivity contribution in [2.45, 2.75) is 32.7 Å². The fourth-order valence-electron chi connectivity index (χ4n) is 2.39. The van der Waals surface area contributed by atoms with Crippen LogP contribution in [0.2, 0.25) is 0 Å². The number of carbonyl (C=O) groups is 1. The van der Waals surface area contributed by atoms with Crippen molar-refractivity contribution in [2.24, 2.45) is 0 Å². The third kappa shape index (κ3) is 3.73. The molecule has 0 aliphatic carbocycles. The Labute approximate surface area is 121 Å². The molecule has 1 aromatic rings. The molecule has 1 aliphatic heterocycles. The van der Waals surface area contributed by atoms with Gasteiger partial charge in [0.1, 0.15) is 5.75 Å². The largest absolute Gasteiger partial charge is 0.484 e. The van der Waals surface area contributed by atoms with Crippen LogP contribution in [0.15, 0.2) is 24.3 Å². The van der Waals surface area contributed by atoms with E-state index in [1.165, 1.54) is 5.56 Å². The first kappa shape index (κ1) is 14.9. The van der Waals surface area contributed by atoms with Crippen molar-refractivity contribution in [1.82, 2.24) is 10.2 Å². The minimum absolute atomic E-state index is 0.0620. The zero-order valence-corrected chi connectivity index (χ0v) is 12.6. The molecular formula is C16H24N2O2. The van der Waals surface area contributed by atoms with Gasteiger partial charge in [0.05, 0.1) is 0 Å². The Bertz CT molecular complexity index is 442. The molecule has 2 rings (SSSR count). The van der Waals surface area contributed by atoms with E-state index in [9.17, 15) is 4.79 Å². The third-order valence-electron chi connectivity index (χ3n) is 3.73. The molecule has 1 N–H and O–H groups in total. The van der Waals surface area contributed by atoms with Crippen molar-refractivity contribution in [3.8, 4) is 5.75 Å². The van der Waals surface area contributed by atoms with Crippen LogP contribution in [0.4, 0.5) is 0 Å². The first-order valence-corrected chi connectivity index (χ1v) is 7.31. The van der Waals surface area contributed by atoms with Crippen molar-refractivity contribution in [3.05, 3.63) is 29.8 Å². The van der Waals surface area contributed by atoms with Gasteiger partial charge in [0.25, 0.3) is 5.91 Å². The third-order valence-corrected chi connectivity index (χ3v) is 3.73. The van der Waals surface area contributed by atoms with Crippen LogP contribution in [0.1, 0.15) is 32.3 Å². The first-order chi connectivity index (χ1) is 9.58. The van der Waals surface area contributed by atoms with E-state index < -0.39 is 0 Å². The number of rotatable bonds is 4. The predicted molar refractivity (Wildman–Crippen MR) is 80.1 cm³/mol. The Hall–Kier alpha value is -1.55. The first-order valence-electron chi connectivity index (χ1n) is 7.31. The average Bonchev–Trinajstić information content (AvgIpc) is 2.45. The maximum Gasteiger partial charge on any atom is 0.260 e. The fraction of sp³-hybridized carbons (Fsp3) is 0.562. The summed E-state index contributed by atoms with van der Waals surface area (Å²) >= 11 is 0. The predicted octanol–water partition coefficient (Wildman–Crippen LogP) is 2.01. The van der Waals surface area contributed by atoms with E-state index in [1.54, 1.807) is 0 Å². The van der Waals surface area contributed by atoms with Crippen molar-refractivity contribution in [3.63, 3.8) is 0 Å². The van der Waals surface area contributed by atoms with Crippen molar-refractivity contribution in [1.29, 1.82) is 0 Å². The van der Waals surface area contributed by atoms with Gasteiger partial charge in [-0.2, -0.15) is 0 Å². The molecule has 110 valence electrons. The van der Waals surface area contributed by atoms with Crippen molar-refractivity contribution < 1.29 is 9.53 Å². The Balaban J connectivity index is 1.86. The van der Waals surface area contributed by atoms with Gasteiger partial charge in [-0.15, -0.1) is 0 Å². The van der Waals surface area contributed by atoms with Crippen LogP contribution in [0.25, 0.3) is 0 Å². The Kier molecular flexibility index (Phi) is 5.01. The molecule has 4 nitrogen and oxygen atoms in total. The molecule has 0 radical (unpaired) electrons. The summed E-state index contributed by atoms with van der Waals surface area (Å²) in [5, 5.41) is 3.28. The van der Waals surface area contributed by atoms with E-state index in [2.05, 4.69) is 38.2 Å². The lowest BCUT2D eigenvalue weighted by Gasteiger charge is -2.33. The molecule has 0 bridgehead atoms. The standard InChI is InChI=1S/C16H24N2O2/c1-12(2)14-4-6-15(7-5-14)20-11-16(19)18-9-8-17-10-13(18)3/h4-7,12-13,17H,8-11H2,1-3H3/t13-/m1/s1. The molecule has 1 saturated heterocycles. The zero-order chi connectivity index (χ0) is 14.5. The monoisotopic (exact) mass is 276 g/mol. The molecule has 1 aliphatic rings. The molecule has 1 fully saturated rings. The second-order valence-electron chi connectivity index (χ2n) is 5.65. The molecule has 1 atom stereocenters. The Morgan fingerprint density at radius 3 is 2.70 bits per heavy atom. The fourth-order valence-corrected chi connectivity index (χ4v) is 2.39. The van der Waals surface area contributed by atoms with Crippen LogP contribution < -0.4 is 10.1 Å². The van der Waals surface area contributed by atoms with E-state index in [0.717, 1.165) is 25.4 Å². The molecule has 0 aromatic heterocycles. The van der Waals surface area contributed by atoms with Crippen LogP contribution in [-0.2, 0) is 4.79 Å². The molecule has 4 heteroatoms. The number of hydrogen-bond acceptors (Lipinski definition) is 3.